The third-order valence-corrected chi connectivity index (χ3v) is 3.06. The van der Waals surface area contributed by atoms with Crippen LogP contribution in [0.5, 0.6) is 5.75 Å². The summed E-state index contributed by atoms with van der Waals surface area (Å²) in [6.45, 7) is 2.86. The summed E-state index contributed by atoms with van der Waals surface area (Å²) in [6, 6.07) is 3.33. The van der Waals surface area contributed by atoms with E-state index in [1.54, 1.807) is 18.3 Å². The fourth-order valence-corrected chi connectivity index (χ4v) is 1.90. The minimum absolute atomic E-state index is 0.0691. The number of aromatic nitrogens is 1. The fourth-order valence-electron chi connectivity index (χ4n) is 1.90. The Kier molecular flexibility index (Phi) is 7.47. The van der Waals surface area contributed by atoms with Crippen LogP contribution in [-0.4, -0.2) is 22.2 Å². The van der Waals surface area contributed by atoms with Gasteiger partial charge in [-0.1, -0.05) is 32.6 Å². The first-order chi connectivity index (χ1) is 9.65. The number of nitrogens with zero attached hydrogens (tertiary/aromatic N) is 1. The molecule has 0 spiro atoms. The van der Waals surface area contributed by atoms with Crippen molar-refractivity contribution in [2.75, 3.05) is 6.61 Å². The van der Waals surface area contributed by atoms with Gasteiger partial charge in [-0.25, -0.2) is 0 Å². The van der Waals surface area contributed by atoms with E-state index in [9.17, 15) is 9.59 Å². The number of carboxylic acids is 1. The van der Waals surface area contributed by atoms with Crippen LogP contribution in [0.4, 0.5) is 0 Å². The number of carboxylic acid groups (broad SMARTS) is 1. The predicted molar refractivity (Wildman–Crippen MR) is 77.2 cm³/mol. The molecular formula is C15H23NO4. The van der Waals surface area contributed by atoms with Crippen LogP contribution < -0.4 is 10.3 Å². The maximum atomic E-state index is 12.0. The van der Waals surface area contributed by atoms with Gasteiger partial charge in [0.05, 0.1) is 13.0 Å². The first kappa shape index (κ1) is 16.3. The first-order valence-electron chi connectivity index (χ1n) is 7.19. The number of carbonyl (C=O) groups is 1. The smallest absolute Gasteiger partial charge is 0.305 e. The Labute approximate surface area is 119 Å². The molecule has 0 fully saturated rings. The molecule has 0 aliphatic carbocycles. The van der Waals surface area contributed by atoms with Gasteiger partial charge in [0.25, 0.3) is 5.56 Å². The lowest BCUT2D eigenvalue weighted by atomic mass is 10.2. The van der Waals surface area contributed by atoms with E-state index in [0.29, 0.717) is 12.4 Å². The quantitative estimate of drug-likeness (QED) is 0.669. The maximum Gasteiger partial charge on any atom is 0.305 e. The van der Waals surface area contributed by atoms with Gasteiger partial charge in [0, 0.05) is 12.7 Å². The van der Waals surface area contributed by atoms with E-state index in [0.717, 1.165) is 12.8 Å². The summed E-state index contributed by atoms with van der Waals surface area (Å²) in [7, 11) is 0. The second-order valence-electron chi connectivity index (χ2n) is 4.78. The van der Waals surface area contributed by atoms with Crippen LogP contribution in [0.2, 0.25) is 0 Å². The SMILES string of the molecule is CCCCCCCOc1cccn(CCC(=O)O)c1=O. The lowest BCUT2D eigenvalue weighted by Gasteiger charge is -2.08. The summed E-state index contributed by atoms with van der Waals surface area (Å²) in [4.78, 5) is 22.5. The van der Waals surface area contributed by atoms with Crippen molar-refractivity contribution in [3.05, 3.63) is 28.7 Å². The molecule has 1 N–H and O–H groups in total. The minimum atomic E-state index is -0.917. The normalized spacial score (nSPS) is 10.4. The number of pyridine rings is 1. The van der Waals surface area contributed by atoms with Gasteiger partial charge in [-0.15, -0.1) is 0 Å². The zero-order valence-electron chi connectivity index (χ0n) is 12.0. The average molecular weight is 281 g/mol. The van der Waals surface area contributed by atoms with E-state index in [-0.39, 0.29) is 18.5 Å². The summed E-state index contributed by atoms with van der Waals surface area (Å²) in [6.07, 6.45) is 7.18. The molecular weight excluding hydrogens is 258 g/mol. The van der Waals surface area contributed by atoms with Gasteiger partial charge in [-0.3, -0.25) is 9.59 Å². The zero-order valence-corrected chi connectivity index (χ0v) is 12.0. The number of ether oxygens (including phenoxy) is 1. The third kappa shape index (κ3) is 5.91. The number of hydrogen-bond acceptors (Lipinski definition) is 3. The molecule has 0 saturated carbocycles. The van der Waals surface area contributed by atoms with E-state index in [1.807, 2.05) is 0 Å². The van der Waals surface area contributed by atoms with Crippen LogP contribution in [0, 0.1) is 0 Å². The highest BCUT2D eigenvalue weighted by Crippen LogP contribution is 2.06. The van der Waals surface area contributed by atoms with Gasteiger partial charge in [-0.2, -0.15) is 0 Å². The molecule has 0 unspecified atom stereocenters. The molecule has 0 aliphatic heterocycles. The summed E-state index contributed by atoms with van der Waals surface area (Å²) in [5.41, 5.74) is -0.262. The van der Waals surface area contributed by atoms with Crippen LogP contribution in [0.1, 0.15) is 45.4 Å². The molecule has 0 aromatic carbocycles. The number of hydrogen-bond donors (Lipinski definition) is 1. The van der Waals surface area contributed by atoms with Crippen molar-refractivity contribution in [3.63, 3.8) is 0 Å². The van der Waals surface area contributed by atoms with Crippen LogP contribution in [-0.2, 0) is 11.3 Å². The second kappa shape index (κ2) is 9.18. The van der Waals surface area contributed by atoms with Crippen molar-refractivity contribution in [3.8, 4) is 5.75 Å². The van der Waals surface area contributed by atoms with Crippen LogP contribution in [0.25, 0.3) is 0 Å². The van der Waals surface area contributed by atoms with Gasteiger partial charge in [0.2, 0.25) is 0 Å². The van der Waals surface area contributed by atoms with E-state index in [4.69, 9.17) is 9.84 Å². The Morgan fingerprint density at radius 3 is 2.75 bits per heavy atom. The van der Waals surface area contributed by atoms with Crippen molar-refractivity contribution in [1.29, 1.82) is 0 Å². The molecule has 5 nitrogen and oxygen atoms in total. The van der Waals surface area contributed by atoms with Crippen molar-refractivity contribution >= 4 is 5.97 Å². The molecule has 0 atom stereocenters. The number of aliphatic carboxylic acids is 1. The monoisotopic (exact) mass is 281 g/mol. The Bertz CT molecular complexity index is 467. The van der Waals surface area contributed by atoms with Gasteiger partial charge in [0.1, 0.15) is 0 Å². The Morgan fingerprint density at radius 1 is 1.30 bits per heavy atom. The van der Waals surface area contributed by atoms with E-state index >= 15 is 0 Å². The lowest BCUT2D eigenvalue weighted by molar-refractivity contribution is -0.137. The molecule has 0 amide bonds. The van der Waals surface area contributed by atoms with E-state index in [2.05, 4.69) is 6.92 Å². The molecule has 1 aromatic rings. The summed E-state index contributed by atoms with van der Waals surface area (Å²) < 4.78 is 6.86. The van der Waals surface area contributed by atoms with Crippen LogP contribution in [0.15, 0.2) is 23.1 Å². The van der Waals surface area contributed by atoms with Gasteiger partial charge in [0.15, 0.2) is 5.75 Å². The molecule has 112 valence electrons. The van der Waals surface area contributed by atoms with Crippen molar-refractivity contribution < 1.29 is 14.6 Å². The zero-order chi connectivity index (χ0) is 14.8. The first-order valence-corrected chi connectivity index (χ1v) is 7.19. The minimum Gasteiger partial charge on any atom is -0.488 e. The molecule has 0 saturated heterocycles. The Hall–Kier alpha value is -1.78. The molecule has 1 rings (SSSR count). The standard InChI is InChI=1S/C15H23NO4/c1-2-3-4-5-6-12-20-13-8-7-10-16(15(13)19)11-9-14(17)18/h7-8,10H,2-6,9,11-12H2,1H3,(H,17,18). The third-order valence-electron chi connectivity index (χ3n) is 3.06. The highest BCUT2D eigenvalue weighted by molar-refractivity contribution is 5.66. The molecule has 20 heavy (non-hydrogen) atoms. The highest BCUT2D eigenvalue weighted by Gasteiger charge is 2.05. The van der Waals surface area contributed by atoms with Crippen LogP contribution in [0.3, 0.4) is 0 Å². The molecule has 1 heterocycles. The van der Waals surface area contributed by atoms with E-state index in [1.165, 1.54) is 23.8 Å². The van der Waals surface area contributed by atoms with E-state index < -0.39 is 5.97 Å². The summed E-state index contributed by atoms with van der Waals surface area (Å²) in [5, 5.41) is 8.63. The fraction of sp³-hybridized carbons (Fsp3) is 0.600. The highest BCUT2D eigenvalue weighted by atomic mass is 16.5. The molecule has 1 aromatic heterocycles. The Morgan fingerprint density at radius 2 is 2.05 bits per heavy atom. The lowest BCUT2D eigenvalue weighted by Crippen LogP contribution is -2.22. The molecule has 0 aliphatic rings. The van der Waals surface area contributed by atoms with Crippen molar-refractivity contribution in [1.82, 2.24) is 4.57 Å². The van der Waals surface area contributed by atoms with Gasteiger partial charge in [-0.05, 0) is 18.6 Å². The average Bonchev–Trinajstić information content (AvgIpc) is 2.43. The van der Waals surface area contributed by atoms with Crippen molar-refractivity contribution in [2.45, 2.75) is 52.0 Å². The summed E-state index contributed by atoms with van der Waals surface area (Å²) >= 11 is 0. The second-order valence-corrected chi connectivity index (χ2v) is 4.78. The number of unbranched alkanes of at least 4 members (excludes halogenated alkanes) is 4. The largest absolute Gasteiger partial charge is 0.488 e. The summed E-state index contributed by atoms with van der Waals surface area (Å²) in [5.74, 6) is -0.618. The maximum absolute atomic E-state index is 12.0. The number of aryl methyl sites for hydroxylation is 1. The van der Waals surface area contributed by atoms with Gasteiger partial charge >= 0.3 is 5.97 Å². The van der Waals surface area contributed by atoms with Crippen molar-refractivity contribution in [2.24, 2.45) is 0 Å². The van der Waals surface area contributed by atoms with Crippen LogP contribution >= 0.6 is 0 Å². The topological polar surface area (TPSA) is 68.5 Å². The molecule has 0 bridgehead atoms. The molecule has 5 heteroatoms. The molecule has 0 radical (unpaired) electrons. The van der Waals surface area contributed by atoms with Gasteiger partial charge < -0.3 is 14.4 Å². The Balaban J connectivity index is 2.44. The predicted octanol–water partition coefficient (Wildman–Crippen LogP) is 2.67. The number of rotatable bonds is 10.